The summed E-state index contributed by atoms with van der Waals surface area (Å²) in [6.07, 6.45) is -0.162. The van der Waals surface area contributed by atoms with Gasteiger partial charge < -0.3 is 10.1 Å². The first-order valence-corrected chi connectivity index (χ1v) is 5.96. The van der Waals surface area contributed by atoms with Crippen molar-refractivity contribution in [1.82, 2.24) is 4.98 Å². The Morgan fingerprint density at radius 1 is 1.44 bits per heavy atom. The molecular formula is C12H15F3N2O. The minimum absolute atomic E-state index is 0.297. The summed E-state index contributed by atoms with van der Waals surface area (Å²) in [7, 11) is 0. The Balaban J connectivity index is 1.85. The molecule has 3 nitrogen and oxygen atoms in total. The normalized spacial score (nSPS) is 22.7. The lowest BCUT2D eigenvalue weighted by Crippen LogP contribution is -2.17. The lowest BCUT2D eigenvalue weighted by molar-refractivity contribution is -0.274. The predicted octanol–water partition coefficient (Wildman–Crippen LogP) is 3.58. The quantitative estimate of drug-likeness (QED) is 0.878. The molecule has 2 unspecified atom stereocenters. The maximum absolute atomic E-state index is 11.9. The Bertz CT molecular complexity index is 391. The first-order chi connectivity index (χ1) is 8.48. The van der Waals surface area contributed by atoms with Crippen molar-refractivity contribution in [2.75, 3.05) is 5.32 Å². The maximum Gasteiger partial charge on any atom is 0.573 e. The molecule has 1 aliphatic carbocycles. The Hall–Kier alpha value is -1.46. The van der Waals surface area contributed by atoms with Gasteiger partial charge in [-0.1, -0.05) is 13.3 Å². The minimum Gasteiger partial charge on any atom is -0.404 e. The van der Waals surface area contributed by atoms with E-state index in [1.54, 1.807) is 0 Å². The number of hydrogen-bond acceptors (Lipinski definition) is 3. The van der Waals surface area contributed by atoms with Gasteiger partial charge in [-0.2, -0.15) is 0 Å². The highest BCUT2D eigenvalue weighted by molar-refractivity contribution is 5.40. The molecule has 0 saturated heterocycles. The number of alkyl halides is 3. The summed E-state index contributed by atoms with van der Waals surface area (Å²) in [5.41, 5.74) is 0. The monoisotopic (exact) mass is 260 g/mol. The number of rotatable bonds is 5. The van der Waals surface area contributed by atoms with Gasteiger partial charge >= 0.3 is 6.36 Å². The van der Waals surface area contributed by atoms with Crippen molar-refractivity contribution >= 4 is 5.82 Å². The zero-order valence-electron chi connectivity index (χ0n) is 10.00. The SMILES string of the molecule is CCCC1CC1Nc1ccc(OC(F)(F)F)cn1. The predicted molar refractivity (Wildman–Crippen MR) is 61.3 cm³/mol. The number of nitrogens with zero attached hydrogens (tertiary/aromatic N) is 1. The van der Waals surface area contributed by atoms with E-state index in [0.29, 0.717) is 17.8 Å². The van der Waals surface area contributed by atoms with Gasteiger partial charge in [0.2, 0.25) is 0 Å². The van der Waals surface area contributed by atoms with E-state index in [9.17, 15) is 13.2 Å². The van der Waals surface area contributed by atoms with Gasteiger partial charge in [0.15, 0.2) is 0 Å². The lowest BCUT2D eigenvalue weighted by atomic mass is 10.2. The highest BCUT2D eigenvalue weighted by atomic mass is 19.4. The fourth-order valence-corrected chi connectivity index (χ4v) is 1.96. The zero-order chi connectivity index (χ0) is 13.2. The molecule has 0 spiro atoms. The van der Waals surface area contributed by atoms with Gasteiger partial charge in [-0.05, 0) is 30.9 Å². The van der Waals surface area contributed by atoms with Crippen LogP contribution in [0.2, 0.25) is 0 Å². The molecule has 100 valence electrons. The molecule has 1 aromatic rings. The summed E-state index contributed by atoms with van der Waals surface area (Å²) in [6, 6.07) is 3.18. The topological polar surface area (TPSA) is 34.1 Å². The van der Waals surface area contributed by atoms with Crippen molar-refractivity contribution in [3.8, 4) is 5.75 Å². The Labute approximate surface area is 103 Å². The van der Waals surface area contributed by atoms with Crippen molar-refractivity contribution < 1.29 is 17.9 Å². The third kappa shape index (κ3) is 3.78. The molecule has 2 rings (SSSR count). The van der Waals surface area contributed by atoms with Crippen LogP contribution < -0.4 is 10.1 Å². The van der Waals surface area contributed by atoms with Crippen LogP contribution in [0.3, 0.4) is 0 Å². The molecule has 1 N–H and O–H groups in total. The molecule has 1 aromatic heterocycles. The average Bonchev–Trinajstić information content (AvgIpc) is 2.98. The van der Waals surface area contributed by atoms with Crippen molar-refractivity contribution in [3.05, 3.63) is 18.3 Å². The Morgan fingerprint density at radius 2 is 2.22 bits per heavy atom. The first-order valence-electron chi connectivity index (χ1n) is 5.96. The number of halogens is 3. The fraction of sp³-hybridized carbons (Fsp3) is 0.583. The molecule has 0 bridgehead atoms. The summed E-state index contributed by atoms with van der Waals surface area (Å²) < 4.78 is 39.5. The largest absolute Gasteiger partial charge is 0.573 e. The second kappa shape index (κ2) is 5.04. The van der Waals surface area contributed by atoms with Gasteiger partial charge in [-0.25, -0.2) is 4.98 Å². The van der Waals surface area contributed by atoms with Gasteiger partial charge in [0, 0.05) is 6.04 Å². The third-order valence-corrected chi connectivity index (χ3v) is 2.89. The molecule has 1 heterocycles. The highest BCUT2D eigenvalue weighted by Crippen LogP contribution is 2.37. The molecule has 0 aliphatic heterocycles. The van der Waals surface area contributed by atoms with E-state index in [-0.39, 0.29) is 5.75 Å². The number of hydrogen-bond donors (Lipinski definition) is 1. The van der Waals surface area contributed by atoms with E-state index in [1.165, 1.54) is 18.6 Å². The van der Waals surface area contributed by atoms with Crippen LogP contribution in [0.25, 0.3) is 0 Å². The van der Waals surface area contributed by atoms with E-state index in [1.807, 2.05) is 0 Å². The van der Waals surface area contributed by atoms with Gasteiger partial charge in [-0.3, -0.25) is 0 Å². The van der Waals surface area contributed by atoms with E-state index < -0.39 is 6.36 Å². The fourth-order valence-electron chi connectivity index (χ4n) is 1.96. The second-order valence-corrected chi connectivity index (χ2v) is 4.46. The van der Waals surface area contributed by atoms with Crippen LogP contribution in [-0.2, 0) is 0 Å². The summed E-state index contributed by atoms with van der Waals surface area (Å²) in [4.78, 5) is 3.90. The minimum atomic E-state index is -4.67. The average molecular weight is 260 g/mol. The van der Waals surface area contributed by atoms with E-state index in [4.69, 9.17) is 0 Å². The molecule has 2 atom stereocenters. The van der Waals surface area contributed by atoms with Gasteiger partial charge in [0.25, 0.3) is 0 Å². The summed E-state index contributed by atoms with van der Waals surface area (Å²) in [5.74, 6) is 0.963. The van der Waals surface area contributed by atoms with Crippen LogP contribution >= 0.6 is 0 Å². The van der Waals surface area contributed by atoms with Crippen molar-refractivity contribution in [2.24, 2.45) is 5.92 Å². The van der Waals surface area contributed by atoms with E-state index >= 15 is 0 Å². The summed E-state index contributed by atoms with van der Waals surface area (Å²) in [5, 5.41) is 3.19. The number of aromatic nitrogens is 1. The second-order valence-electron chi connectivity index (χ2n) is 4.46. The van der Waals surface area contributed by atoms with Crippen LogP contribution in [0.15, 0.2) is 18.3 Å². The van der Waals surface area contributed by atoms with Crippen molar-refractivity contribution in [1.29, 1.82) is 0 Å². The van der Waals surface area contributed by atoms with Crippen molar-refractivity contribution in [3.63, 3.8) is 0 Å². The van der Waals surface area contributed by atoms with Crippen molar-refractivity contribution in [2.45, 2.75) is 38.6 Å². The van der Waals surface area contributed by atoms with Crippen LogP contribution in [-0.4, -0.2) is 17.4 Å². The third-order valence-electron chi connectivity index (χ3n) is 2.89. The smallest absolute Gasteiger partial charge is 0.404 e. The van der Waals surface area contributed by atoms with Crippen LogP contribution in [0.5, 0.6) is 5.75 Å². The van der Waals surface area contributed by atoms with Gasteiger partial charge in [0.1, 0.15) is 11.6 Å². The number of ether oxygens (including phenoxy) is 1. The molecule has 1 aliphatic rings. The van der Waals surface area contributed by atoms with Crippen LogP contribution in [0.1, 0.15) is 26.2 Å². The molecule has 6 heteroatoms. The molecule has 18 heavy (non-hydrogen) atoms. The van der Waals surface area contributed by atoms with E-state index in [0.717, 1.165) is 19.0 Å². The van der Waals surface area contributed by atoms with Gasteiger partial charge in [-0.15, -0.1) is 13.2 Å². The molecule has 0 amide bonds. The molecular weight excluding hydrogens is 245 g/mol. The standard InChI is InChI=1S/C12H15F3N2O/c1-2-3-8-6-10(8)17-11-5-4-9(7-16-11)18-12(13,14)15/h4-5,7-8,10H,2-3,6H2,1H3,(H,16,17). The lowest BCUT2D eigenvalue weighted by Gasteiger charge is -2.09. The summed E-state index contributed by atoms with van der Waals surface area (Å²) in [6.45, 7) is 2.14. The first kappa shape index (κ1) is 13.0. The number of anilines is 1. The maximum atomic E-state index is 11.9. The zero-order valence-corrected chi connectivity index (χ0v) is 10.00. The molecule has 1 saturated carbocycles. The molecule has 1 fully saturated rings. The summed E-state index contributed by atoms with van der Waals surface area (Å²) >= 11 is 0. The number of nitrogens with one attached hydrogen (secondary N) is 1. The van der Waals surface area contributed by atoms with Crippen LogP contribution in [0, 0.1) is 5.92 Å². The number of pyridine rings is 1. The molecule has 0 aromatic carbocycles. The highest BCUT2D eigenvalue weighted by Gasteiger charge is 2.36. The van der Waals surface area contributed by atoms with Gasteiger partial charge in [0.05, 0.1) is 6.20 Å². The molecule has 0 radical (unpaired) electrons. The van der Waals surface area contributed by atoms with E-state index in [2.05, 4.69) is 22.0 Å². The Morgan fingerprint density at radius 3 is 2.78 bits per heavy atom. The van der Waals surface area contributed by atoms with Crippen LogP contribution in [0.4, 0.5) is 19.0 Å². The Kier molecular flexibility index (Phi) is 3.63.